The summed E-state index contributed by atoms with van der Waals surface area (Å²) in [4.78, 5) is 0. The van der Waals surface area contributed by atoms with Crippen LogP contribution >= 0.6 is 0 Å². The molecule has 8 aromatic rings. The highest BCUT2D eigenvalue weighted by Gasteiger charge is 2.63. The lowest BCUT2D eigenvalue weighted by Gasteiger charge is -2.36. The second-order valence-electron chi connectivity index (χ2n) is 18.4. The molecule has 4 atom stereocenters. The molecule has 0 fully saturated rings. The van der Waals surface area contributed by atoms with Gasteiger partial charge in [-0.05, 0) is 23.3 Å². The number of nitrogens with zero attached hydrogens (tertiary/aromatic N) is 4. The summed E-state index contributed by atoms with van der Waals surface area (Å²) in [5.41, 5.74) is -22.1. The first-order valence-corrected chi connectivity index (χ1v) is 30.1. The maximum Gasteiger partial charge on any atom is 0.519 e. The molecule has 84 heavy (non-hydrogen) atoms. The molecule has 4 heterocycles. The molecule has 0 spiro atoms. The molecule has 2 aromatic heterocycles. The number of rotatable bonds is 12. The predicted octanol–water partition coefficient (Wildman–Crippen LogP) is 10.9. The Morgan fingerprint density at radius 2 is 0.571 bits per heavy atom. The van der Waals surface area contributed by atoms with Gasteiger partial charge >= 0.3 is 55.0 Å². The minimum Gasteiger partial charge on any atom is -0.420 e. The Hall–Kier alpha value is -7.89. The molecular weight excluding hydrogens is 1210 g/mol. The second-order valence-corrected chi connectivity index (χ2v) is 25.6. The topological polar surface area (TPSA) is 153 Å². The Bertz CT molecular complexity index is 4070. The van der Waals surface area contributed by atoms with Gasteiger partial charge in [-0.2, -0.15) is 69.5 Å². The maximum absolute atomic E-state index is 14.5. The lowest BCUT2D eigenvalue weighted by atomic mass is 9.40. The second kappa shape index (κ2) is 22.3. The number of alkyl halides is 12. The molecule has 30 heteroatoms. The first-order chi connectivity index (χ1) is 39.4. The van der Waals surface area contributed by atoms with Crippen LogP contribution in [0.15, 0.2) is 238 Å². The standard InChI is InChI=1S/2C27H19BF6N2O4S2/c2*29-26(30,31)41(37,38)35-42(39,27(32,33)34)40-28(22-16-8-3-9-17-22)25(21-14-6-2-7-15-21)24(20-12-4-1-5-13-20)23-18-10-11-19-36(23)28/h2*1-19H/t2*28-,42+/m10/s1. The molecule has 10 rings (SSSR count). The normalized spacial score (nSPS) is 18.8. The minimum absolute atomic E-state index is 0.0239. The van der Waals surface area contributed by atoms with E-state index >= 15 is 0 Å². The Morgan fingerprint density at radius 3 is 0.833 bits per heavy atom. The molecule has 0 aliphatic carbocycles. The van der Waals surface area contributed by atoms with Crippen molar-refractivity contribution in [2.24, 2.45) is 7.54 Å². The smallest absolute Gasteiger partial charge is 0.420 e. The van der Waals surface area contributed by atoms with Gasteiger partial charge in [0, 0.05) is 23.3 Å². The molecule has 12 nitrogen and oxygen atoms in total. The summed E-state index contributed by atoms with van der Waals surface area (Å²) in [7, 11) is -27.1. The number of hydrogen-bond acceptors (Lipinski definition) is 8. The summed E-state index contributed by atoms with van der Waals surface area (Å²) < 4.78 is 259. The number of pyridine rings is 2. The van der Waals surface area contributed by atoms with E-state index in [2.05, 4.69) is 0 Å². The molecule has 2 aliphatic heterocycles. The summed E-state index contributed by atoms with van der Waals surface area (Å²) >= 11 is 0. The third kappa shape index (κ3) is 11.0. The van der Waals surface area contributed by atoms with E-state index in [0.29, 0.717) is 22.3 Å². The molecule has 0 amide bonds. The van der Waals surface area contributed by atoms with Gasteiger partial charge in [-0.3, -0.25) is 0 Å². The molecular formula is C54H38B2F12N4O8S4. The van der Waals surface area contributed by atoms with E-state index in [0.717, 1.165) is 0 Å². The SMILES string of the molecule is O=S(=O)(N=[S@@](=O)(O[B@-]1(c2ccccc2)C(c2ccccc2)=C(c2ccccc2)c2cccc[n+]21)C(F)(F)F)C(F)(F)F.O=S(=O)(N=[S@](=O)(O[B@@-]1(c2ccccc2)C(c2ccccc2)=C(c2ccccc2)c2cccc[n+]21)C(F)(F)F)C(F)(F)F. The number of hydrogen-bond donors (Lipinski definition) is 0. The van der Waals surface area contributed by atoms with Crippen LogP contribution in [-0.4, -0.2) is 60.3 Å². The van der Waals surface area contributed by atoms with E-state index < -0.39 is 75.1 Å². The zero-order chi connectivity index (χ0) is 60.8. The summed E-state index contributed by atoms with van der Waals surface area (Å²) in [5, 5.41) is 0. The van der Waals surface area contributed by atoms with E-state index in [1.54, 1.807) is 158 Å². The lowest BCUT2D eigenvalue weighted by Crippen LogP contribution is -2.74. The molecule has 0 saturated heterocycles. The van der Waals surface area contributed by atoms with Crippen LogP contribution in [0.25, 0.3) is 22.1 Å². The van der Waals surface area contributed by atoms with Gasteiger partial charge in [0.2, 0.25) is 20.0 Å². The van der Waals surface area contributed by atoms with E-state index in [1.165, 1.54) is 82.0 Å². The van der Waals surface area contributed by atoms with Crippen molar-refractivity contribution in [3.8, 4) is 0 Å². The summed E-state index contributed by atoms with van der Waals surface area (Å²) in [6.45, 7) is -7.27. The molecule has 0 saturated carbocycles. The lowest BCUT2D eigenvalue weighted by molar-refractivity contribution is -0.552. The molecule has 0 bridgehead atoms. The quantitative estimate of drug-likeness (QED) is 0.0865. The Kier molecular flexibility index (Phi) is 16.1. The monoisotopic (exact) mass is 1250 g/mol. The molecule has 6 aromatic carbocycles. The molecule has 436 valence electrons. The third-order valence-electron chi connectivity index (χ3n) is 13.3. The Morgan fingerprint density at radius 1 is 0.321 bits per heavy atom. The van der Waals surface area contributed by atoms with Crippen molar-refractivity contribution in [2.45, 2.75) is 22.0 Å². The van der Waals surface area contributed by atoms with Crippen LogP contribution in [0.3, 0.4) is 0 Å². The van der Waals surface area contributed by atoms with Gasteiger partial charge in [-0.15, -0.1) is 0 Å². The highest BCUT2D eigenvalue weighted by Crippen LogP contribution is 2.47. The van der Waals surface area contributed by atoms with Gasteiger partial charge < -0.3 is 17.2 Å². The number of benzene rings is 6. The zero-order valence-corrected chi connectivity index (χ0v) is 45.6. The largest absolute Gasteiger partial charge is 0.519 e. The fourth-order valence-electron chi connectivity index (χ4n) is 10.0. The van der Waals surface area contributed by atoms with Gasteiger partial charge in [-0.25, -0.2) is 8.42 Å². The highest BCUT2D eigenvalue weighted by atomic mass is 32.3. The number of aromatic nitrogens is 2. The van der Waals surface area contributed by atoms with Crippen LogP contribution in [0, 0.1) is 0 Å². The summed E-state index contributed by atoms with van der Waals surface area (Å²) in [6, 6.07) is 56.2. The highest BCUT2D eigenvalue weighted by molar-refractivity contribution is 8.02. The van der Waals surface area contributed by atoms with E-state index in [9.17, 15) is 77.9 Å². The summed E-state index contributed by atoms with van der Waals surface area (Å²) in [5.74, 6) is 0. The first kappa shape index (κ1) is 60.7. The van der Waals surface area contributed by atoms with Crippen LogP contribution in [0.2, 0.25) is 0 Å². The fraction of sp³-hybridized carbons (Fsp3) is 0.0741. The van der Waals surface area contributed by atoms with Crippen LogP contribution < -0.4 is 19.9 Å². The van der Waals surface area contributed by atoms with Gasteiger partial charge in [0.05, 0.1) is 0 Å². The van der Waals surface area contributed by atoms with Crippen molar-refractivity contribution in [2.75, 3.05) is 0 Å². The van der Waals surface area contributed by atoms with Crippen molar-refractivity contribution in [3.63, 3.8) is 0 Å². The summed E-state index contributed by atoms with van der Waals surface area (Å²) in [6.07, 6.45) is 2.66. The van der Waals surface area contributed by atoms with Crippen molar-refractivity contribution in [1.82, 2.24) is 0 Å². The van der Waals surface area contributed by atoms with Crippen molar-refractivity contribution in [3.05, 3.63) is 264 Å². The molecule has 0 N–H and O–H groups in total. The molecule has 2 aliphatic rings. The number of sulfonamides is 2. The van der Waals surface area contributed by atoms with Crippen molar-refractivity contribution < 1.29 is 95.1 Å². The minimum atomic E-state index is -6.93. The third-order valence-corrected chi connectivity index (χ3v) is 19.9. The van der Waals surface area contributed by atoms with E-state index in [1.807, 2.05) is 7.54 Å². The Balaban J connectivity index is 0.000000202. The van der Waals surface area contributed by atoms with E-state index in [4.69, 9.17) is 8.20 Å². The van der Waals surface area contributed by atoms with Gasteiger partial charge in [0.25, 0.3) is 0 Å². The Labute approximate surface area is 472 Å². The number of fused-ring (bicyclic) bond motifs is 2. The van der Waals surface area contributed by atoms with E-state index in [-0.39, 0.29) is 44.4 Å². The van der Waals surface area contributed by atoms with Gasteiger partial charge in [-0.1, -0.05) is 235 Å². The average Bonchev–Trinajstić information content (AvgIpc) is 1.56. The average molecular weight is 1250 g/mol. The first-order valence-electron chi connectivity index (χ1n) is 24.3. The van der Waals surface area contributed by atoms with Crippen LogP contribution in [0.5, 0.6) is 0 Å². The van der Waals surface area contributed by atoms with Crippen LogP contribution in [0.4, 0.5) is 52.7 Å². The van der Waals surface area contributed by atoms with Crippen LogP contribution in [-0.2, 0) is 48.3 Å². The van der Waals surface area contributed by atoms with Crippen LogP contribution in [0.1, 0.15) is 33.6 Å². The van der Waals surface area contributed by atoms with Crippen molar-refractivity contribution >= 4 is 86.1 Å². The zero-order valence-electron chi connectivity index (χ0n) is 42.3. The molecule has 0 radical (unpaired) electrons. The number of halogens is 12. The van der Waals surface area contributed by atoms with Gasteiger partial charge in [0.1, 0.15) is 12.4 Å². The van der Waals surface area contributed by atoms with Gasteiger partial charge in [0.15, 0.2) is 11.4 Å². The van der Waals surface area contributed by atoms with Crippen molar-refractivity contribution in [1.29, 1.82) is 0 Å². The maximum atomic E-state index is 14.5. The fourth-order valence-corrected chi connectivity index (χ4v) is 15.3. The molecule has 0 unspecified atom stereocenters. The predicted molar refractivity (Wildman–Crippen MR) is 291 cm³/mol.